The van der Waals surface area contributed by atoms with Crippen LogP contribution < -0.4 is 14.4 Å². The van der Waals surface area contributed by atoms with Crippen molar-refractivity contribution in [3.05, 3.63) is 84.2 Å². The molecular weight excluding hydrogens is 557 g/mol. The summed E-state index contributed by atoms with van der Waals surface area (Å²) in [5, 5.41) is 0. The molecule has 2 heterocycles. The lowest BCUT2D eigenvalue weighted by atomic mass is 10.1. The summed E-state index contributed by atoms with van der Waals surface area (Å²) in [4.78, 5) is 21.7. The molecule has 228 valence electrons. The molecule has 10 heteroatoms. The van der Waals surface area contributed by atoms with Gasteiger partial charge in [0.1, 0.15) is 17.3 Å². The predicted octanol–water partition coefficient (Wildman–Crippen LogP) is 7.00. The van der Waals surface area contributed by atoms with Gasteiger partial charge < -0.3 is 18.9 Å². The number of benzene rings is 3. The van der Waals surface area contributed by atoms with Gasteiger partial charge in [-0.3, -0.25) is 9.69 Å². The van der Waals surface area contributed by atoms with Crippen LogP contribution in [0.1, 0.15) is 50.6 Å². The first-order valence-electron chi connectivity index (χ1n) is 14.7. The van der Waals surface area contributed by atoms with E-state index in [1.54, 1.807) is 12.1 Å². The molecular formula is C33H37F3N4O3. The van der Waals surface area contributed by atoms with Gasteiger partial charge in [0.2, 0.25) is 0 Å². The molecule has 7 nitrogen and oxygen atoms in total. The first-order chi connectivity index (χ1) is 20.7. The second kappa shape index (κ2) is 13.5. The van der Waals surface area contributed by atoms with E-state index >= 15 is 0 Å². The van der Waals surface area contributed by atoms with E-state index in [1.165, 1.54) is 12.1 Å². The smallest absolute Gasteiger partial charge is 0.483 e. The molecule has 43 heavy (non-hydrogen) atoms. The van der Waals surface area contributed by atoms with Crippen molar-refractivity contribution in [3.8, 4) is 11.5 Å². The monoisotopic (exact) mass is 594 g/mol. The Kier molecular flexibility index (Phi) is 9.55. The Morgan fingerprint density at radius 1 is 0.953 bits per heavy atom. The third-order valence-corrected chi connectivity index (χ3v) is 7.63. The zero-order valence-corrected chi connectivity index (χ0v) is 24.5. The molecule has 0 bridgehead atoms. The molecule has 1 aliphatic heterocycles. The second-order valence-corrected chi connectivity index (χ2v) is 10.9. The average molecular weight is 595 g/mol. The van der Waals surface area contributed by atoms with Gasteiger partial charge in [-0.15, -0.1) is 13.2 Å². The fraction of sp³-hybridized carbons (Fsp3) is 0.394. The van der Waals surface area contributed by atoms with Gasteiger partial charge in [-0.05, 0) is 61.4 Å². The number of piperazine rings is 1. The molecule has 0 saturated carbocycles. The zero-order chi connectivity index (χ0) is 30.4. The summed E-state index contributed by atoms with van der Waals surface area (Å²) in [5.41, 5.74) is 3.57. The molecule has 1 unspecified atom stereocenters. The van der Waals surface area contributed by atoms with E-state index in [0.29, 0.717) is 36.9 Å². The first kappa shape index (κ1) is 30.4. The highest BCUT2D eigenvalue weighted by molar-refractivity contribution is 5.81. The number of Topliss-reactive ketones (excluding diaryl/α,β-unsaturated/α-hetero) is 1. The fourth-order valence-corrected chi connectivity index (χ4v) is 5.40. The van der Waals surface area contributed by atoms with Gasteiger partial charge >= 0.3 is 6.36 Å². The van der Waals surface area contributed by atoms with Crippen molar-refractivity contribution in [1.29, 1.82) is 0 Å². The largest absolute Gasteiger partial charge is 0.573 e. The van der Waals surface area contributed by atoms with Gasteiger partial charge in [0.15, 0.2) is 11.9 Å². The van der Waals surface area contributed by atoms with Crippen LogP contribution in [-0.2, 0) is 11.3 Å². The number of anilines is 1. The molecule has 0 radical (unpaired) electrons. The number of rotatable bonds is 12. The van der Waals surface area contributed by atoms with Crippen LogP contribution in [-0.4, -0.2) is 59.3 Å². The number of nitrogens with zero attached hydrogens (tertiary/aromatic N) is 4. The van der Waals surface area contributed by atoms with Gasteiger partial charge in [0, 0.05) is 44.8 Å². The van der Waals surface area contributed by atoms with Crippen molar-refractivity contribution in [1.82, 2.24) is 14.5 Å². The maximum absolute atomic E-state index is 12.7. The van der Waals surface area contributed by atoms with E-state index in [4.69, 9.17) is 9.72 Å². The number of ether oxygens (including phenoxy) is 2. The molecule has 1 fully saturated rings. The number of imidazole rings is 1. The highest BCUT2D eigenvalue weighted by Crippen LogP contribution is 2.30. The number of fused-ring (bicyclic) bond motifs is 1. The summed E-state index contributed by atoms with van der Waals surface area (Å²) < 4.78 is 50.4. The summed E-state index contributed by atoms with van der Waals surface area (Å²) in [5.74, 6) is 1.47. The van der Waals surface area contributed by atoms with Crippen molar-refractivity contribution in [3.63, 3.8) is 0 Å². The normalized spacial score (nSPS) is 15.0. The molecule has 0 aliphatic carbocycles. The van der Waals surface area contributed by atoms with Crippen LogP contribution in [0.5, 0.6) is 11.5 Å². The quantitative estimate of drug-likeness (QED) is 0.176. The topological polar surface area (TPSA) is 59.8 Å². The Morgan fingerprint density at radius 3 is 2.35 bits per heavy atom. The number of unbranched alkanes of at least 4 members (excludes halogenated alkanes) is 1. The van der Waals surface area contributed by atoms with Crippen LogP contribution in [0.3, 0.4) is 0 Å². The number of ketones is 1. The van der Waals surface area contributed by atoms with Gasteiger partial charge in [0.25, 0.3) is 0 Å². The Bertz CT molecular complexity index is 1500. The molecule has 1 atom stereocenters. The summed E-state index contributed by atoms with van der Waals surface area (Å²) in [6.45, 7) is 8.17. The highest BCUT2D eigenvalue weighted by Gasteiger charge is 2.31. The third-order valence-electron chi connectivity index (χ3n) is 7.63. The predicted molar refractivity (Wildman–Crippen MR) is 161 cm³/mol. The number of carbonyl (C=O) groups is 1. The second-order valence-electron chi connectivity index (χ2n) is 10.9. The van der Waals surface area contributed by atoms with Crippen LogP contribution in [0.25, 0.3) is 11.0 Å². The van der Waals surface area contributed by atoms with E-state index in [2.05, 4.69) is 38.2 Å². The molecule has 0 N–H and O–H groups in total. The summed E-state index contributed by atoms with van der Waals surface area (Å²) in [6, 6.07) is 21.6. The van der Waals surface area contributed by atoms with Crippen molar-refractivity contribution in [2.45, 2.75) is 52.1 Å². The van der Waals surface area contributed by atoms with Crippen molar-refractivity contribution < 1.29 is 27.4 Å². The van der Waals surface area contributed by atoms with Gasteiger partial charge in [-0.1, -0.05) is 43.7 Å². The van der Waals surface area contributed by atoms with Crippen LogP contribution in [0.4, 0.5) is 18.9 Å². The molecule has 1 aromatic heterocycles. The van der Waals surface area contributed by atoms with Gasteiger partial charge in [-0.2, -0.15) is 0 Å². The molecule has 0 spiro atoms. The molecule has 3 aromatic carbocycles. The minimum absolute atomic E-state index is 0.263. The Balaban J connectivity index is 1.39. The number of halogens is 3. The van der Waals surface area contributed by atoms with Crippen molar-refractivity contribution in [2.75, 3.05) is 37.6 Å². The minimum Gasteiger partial charge on any atom is -0.483 e. The Hall–Kier alpha value is -4.05. The van der Waals surface area contributed by atoms with Crippen LogP contribution in [0.2, 0.25) is 0 Å². The lowest BCUT2D eigenvalue weighted by Crippen LogP contribution is -2.48. The zero-order valence-electron chi connectivity index (χ0n) is 24.5. The van der Waals surface area contributed by atoms with Crippen LogP contribution in [0, 0.1) is 0 Å². The van der Waals surface area contributed by atoms with Gasteiger partial charge in [0.05, 0.1) is 17.6 Å². The standard InChI is InChI=1S/C33H37F3N4O3/c1-3-4-8-27(41)23-38-17-19-39(20-18-38)26-13-16-30-31(21-26)40(22-25-11-14-29(15-12-25)43-33(34,35)36)32(37-30)24(2)42-28-9-6-5-7-10-28/h5-7,9-16,21,24H,3-4,8,17-20,22-23H2,1-2H3. The third kappa shape index (κ3) is 8.07. The van der Waals surface area contributed by atoms with E-state index in [1.807, 2.05) is 43.3 Å². The molecule has 1 saturated heterocycles. The fourth-order valence-electron chi connectivity index (χ4n) is 5.40. The van der Waals surface area contributed by atoms with E-state index in [-0.39, 0.29) is 11.9 Å². The number of alkyl halides is 3. The van der Waals surface area contributed by atoms with Crippen LogP contribution in [0.15, 0.2) is 72.8 Å². The highest BCUT2D eigenvalue weighted by atomic mass is 19.4. The molecule has 4 aromatic rings. The van der Waals surface area contributed by atoms with E-state index < -0.39 is 6.36 Å². The number of para-hydroxylation sites is 1. The number of carbonyl (C=O) groups excluding carboxylic acids is 1. The summed E-state index contributed by atoms with van der Waals surface area (Å²) in [7, 11) is 0. The Morgan fingerprint density at radius 2 is 1.67 bits per heavy atom. The molecule has 5 rings (SSSR count). The maximum Gasteiger partial charge on any atom is 0.573 e. The van der Waals surface area contributed by atoms with Crippen LogP contribution >= 0.6 is 0 Å². The SMILES string of the molecule is CCCCC(=O)CN1CCN(c2ccc3nc(C(C)Oc4ccccc4)n(Cc4ccc(OC(F)(F)F)cc4)c3c2)CC1. The van der Waals surface area contributed by atoms with E-state index in [0.717, 1.165) is 61.3 Å². The van der Waals surface area contributed by atoms with E-state index in [9.17, 15) is 18.0 Å². The average Bonchev–Trinajstić information content (AvgIpc) is 3.35. The first-order valence-corrected chi connectivity index (χ1v) is 14.7. The lowest BCUT2D eigenvalue weighted by molar-refractivity contribution is -0.274. The van der Waals surface area contributed by atoms with Gasteiger partial charge in [-0.25, -0.2) is 4.98 Å². The number of hydrogen-bond donors (Lipinski definition) is 0. The maximum atomic E-state index is 12.7. The molecule has 1 aliphatic rings. The lowest BCUT2D eigenvalue weighted by Gasteiger charge is -2.35. The van der Waals surface area contributed by atoms with Crippen molar-refractivity contribution >= 4 is 22.5 Å². The number of aromatic nitrogens is 2. The Labute approximate surface area is 249 Å². The minimum atomic E-state index is -4.74. The summed E-state index contributed by atoms with van der Waals surface area (Å²) in [6.07, 6.45) is -2.53. The molecule has 0 amide bonds. The number of hydrogen-bond acceptors (Lipinski definition) is 6. The van der Waals surface area contributed by atoms with Crippen molar-refractivity contribution in [2.24, 2.45) is 0 Å². The summed E-state index contributed by atoms with van der Waals surface area (Å²) >= 11 is 0.